The molecule has 0 bridgehead atoms. The van der Waals surface area contributed by atoms with Crippen molar-refractivity contribution < 1.29 is 13.2 Å². The highest BCUT2D eigenvalue weighted by Gasteiger charge is 2.27. The van der Waals surface area contributed by atoms with Gasteiger partial charge in [0.2, 0.25) is 15.9 Å². The predicted molar refractivity (Wildman–Crippen MR) is 94.1 cm³/mol. The van der Waals surface area contributed by atoms with E-state index in [0.717, 1.165) is 0 Å². The molecular weight excluding hydrogens is 328 g/mol. The molecule has 0 aliphatic carbocycles. The van der Waals surface area contributed by atoms with Crippen molar-refractivity contribution in [2.75, 3.05) is 38.5 Å². The number of benzene rings is 1. The largest absolute Gasteiger partial charge is 0.325 e. The van der Waals surface area contributed by atoms with Crippen LogP contribution in [-0.2, 0) is 14.8 Å². The van der Waals surface area contributed by atoms with E-state index in [-0.39, 0.29) is 16.7 Å². The van der Waals surface area contributed by atoms with Gasteiger partial charge in [0.25, 0.3) is 0 Å². The number of amides is 1. The third kappa shape index (κ3) is 4.32. The third-order valence-electron chi connectivity index (χ3n) is 4.22. The van der Waals surface area contributed by atoms with E-state index in [1.54, 1.807) is 18.2 Å². The van der Waals surface area contributed by atoms with Gasteiger partial charge in [-0.3, -0.25) is 4.79 Å². The molecule has 1 aliphatic heterocycles. The molecule has 0 aromatic heterocycles. The molecule has 0 spiro atoms. The van der Waals surface area contributed by atoms with Crippen molar-refractivity contribution in [2.24, 2.45) is 11.7 Å². The summed E-state index contributed by atoms with van der Waals surface area (Å²) >= 11 is 0. The number of sulfonamides is 1. The molecule has 1 saturated heterocycles. The van der Waals surface area contributed by atoms with Gasteiger partial charge in [0.05, 0.1) is 10.9 Å². The number of carbonyl (C=O) groups excluding carboxylic acids is 1. The average molecular weight is 354 g/mol. The smallest absolute Gasteiger partial charge is 0.243 e. The van der Waals surface area contributed by atoms with Crippen LogP contribution in [0.15, 0.2) is 29.2 Å². The van der Waals surface area contributed by atoms with E-state index in [1.807, 2.05) is 20.9 Å². The Balaban J connectivity index is 2.16. The van der Waals surface area contributed by atoms with Gasteiger partial charge in [-0.25, -0.2) is 8.42 Å². The summed E-state index contributed by atoms with van der Waals surface area (Å²) in [6, 6.07) is 5.68. The van der Waals surface area contributed by atoms with E-state index in [4.69, 9.17) is 5.73 Å². The molecule has 7 nitrogen and oxygen atoms in total. The van der Waals surface area contributed by atoms with Gasteiger partial charge < -0.3 is 16.0 Å². The zero-order chi connectivity index (χ0) is 17.9. The molecule has 0 unspecified atom stereocenters. The maximum Gasteiger partial charge on any atom is 0.243 e. The number of hydrogen-bond acceptors (Lipinski definition) is 5. The van der Waals surface area contributed by atoms with Gasteiger partial charge in [0.1, 0.15) is 0 Å². The van der Waals surface area contributed by atoms with E-state index in [0.29, 0.717) is 31.9 Å². The molecule has 3 N–H and O–H groups in total. The molecule has 1 aromatic rings. The Hall–Kier alpha value is -1.48. The highest BCUT2D eigenvalue weighted by Crippen LogP contribution is 2.21. The zero-order valence-corrected chi connectivity index (χ0v) is 15.2. The van der Waals surface area contributed by atoms with Crippen LogP contribution in [0.3, 0.4) is 0 Å². The average Bonchev–Trinajstić information content (AvgIpc) is 2.54. The highest BCUT2D eigenvalue weighted by atomic mass is 32.2. The third-order valence-corrected chi connectivity index (χ3v) is 6.12. The monoisotopic (exact) mass is 354 g/mol. The van der Waals surface area contributed by atoms with Gasteiger partial charge in [-0.05, 0) is 31.2 Å². The van der Waals surface area contributed by atoms with E-state index < -0.39 is 16.1 Å². The van der Waals surface area contributed by atoms with Crippen LogP contribution in [0, 0.1) is 5.92 Å². The SMILES string of the molecule is CC(C)[C@H](N)C(=O)Nc1cccc(S(=O)(=O)N2CCN(C)CC2)c1. The van der Waals surface area contributed by atoms with Crippen LogP contribution >= 0.6 is 0 Å². The Bertz CT molecular complexity index is 682. The molecule has 1 atom stereocenters. The maximum absolute atomic E-state index is 12.7. The van der Waals surface area contributed by atoms with Crippen LogP contribution in [0.4, 0.5) is 5.69 Å². The lowest BCUT2D eigenvalue weighted by atomic mass is 10.1. The lowest BCUT2D eigenvalue weighted by Crippen LogP contribution is -2.47. The molecule has 134 valence electrons. The van der Waals surface area contributed by atoms with Crippen LogP contribution in [-0.4, -0.2) is 62.8 Å². The summed E-state index contributed by atoms with van der Waals surface area (Å²) < 4.78 is 27.0. The standard InChI is InChI=1S/C16H26N4O3S/c1-12(2)15(17)16(21)18-13-5-4-6-14(11-13)24(22,23)20-9-7-19(3)8-10-20/h4-6,11-12,15H,7-10,17H2,1-3H3,(H,18,21)/t15-/m0/s1. The summed E-state index contributed by atoms with van der Waals surface area (Å²) in [5.74, 6) is -0.318. The molecule has 8 heteroatoms. The summed E-state index contributed by atoms with van der Waals surface area (Å²) in [7, 11) is -1.59. The molecule has 2 rings (SSSR count). The number of nitrogens with two attached hydrogens (primary N) is 1. The Labute approximate surface area is 143 Å². The summed E-state index contributed by atoms with van der Waals surface area (Å²) in [6.45, 7) is 6.07. The number of rotatable bonds is 5. The lowest BCUT2D eigenvalue weighted by Gasteiger charge is -2.31. The van der Waals surface area contributed by atoms with Crippen molar-refractivity contribution in [2.45, 2.75) is 24.8 Å². The fourth-order valence-electron chi connectivity index (χ4n) is 2.44. The van der Waals surface area contributed by atoms with Crippen molar-refractivity contribution >= 4 is 21.6 Å². The number of carbonyl (C=O) groups is 1. The molecule has 1 aliphatic rings. The topological polar surface area (TPSA) is 95.7 Å². The van der Waals surface area contributed by atoms with Crippen molar-refractivity contribution in [3.63, 3.8) is 0 Å². The number of likely N-dealkylation sites (N-methyl/N-ethyl adjacent to an activating group) is 1. The van der Waals surface area contributed by atoms with Gasteiger partial charge in [0, 0.05) is 31.9 Å². The summed E-state index contributed by atoms with van der Waals surface area (Å²) in [4.78, 5) is 14.3. The van der Waals surface area contributed by atoms with E-state index in [1.165, 1.54) is 10.4 Å². The lowest BCUT2D eigenvalue weighted by molar-refractivity contribution is -0.118. The first-order chi connectivity index (χ1) is 11.2. The van der Waals surface area contributed by atoms with Crippen LogP contribution < -0.4 is 11.1 Å². The fourth-order valence-corrected chi connectivity index (χ4v) is 3.91. The second-order valence-electron chi connectivity index (χ2n) is 6.49. The quantitative estimate of drug-likeness (QED) is 0.805. The van der Waals surface area contributed by atoms with Crippen LogP contribution in [0.1, 0.15) is 13.8 Å². The Morgan fingerprint density at radius 1 is 1.21 bits per heavy atom. The first-order valence-electron chi connectivity index (χ1n) is 8.07. The minimum Gasteiger partial charge on any atom is -0.325 e. The molecule has 1 heterocycles. The van der Waals surface area contributed by atoms with Crippen LogP contribution in [0.5, 0.6) is 0 Å². The molecule has 0 saturated carbocycles. The van der Waals surface area contributed by atoms with E-state index in [9.17, 15) is 13.2 Å². The van der Waals surface area contributed by atoms with Gasteiger partial charge in [-0.15, -0.1) is 0 Å². The molecule has 1 amide bonds. The number of piperazine rings is 1. The van der Waals surface area contributed by atoms with Gasteiger partial charge >= 0.3 is 0 Å². The van der Waals surface area contributed by atoms with Crippen LogP contribution in [0.2, 0.25) is 0 Å². The Morgan fingerprint density at radius 3 is 2.42 bits per heavy atom. The highest BCUT2D eigenvalue weighted by molar-refractivity contribution is 7.89. The summed E-state index contributed by atoms with van der Waals surface area (Å²) in [5, 5.41) is 2.69. The second kappa shape index (κ2) is 7.60. The minimum atomic E-state index is -3.56. The number of nitrogens with one attached hydrogen (secondary N) is 1. The van der Waals surface area contributed by atoms with Crippen LogP contribution in [0.25, 0.3) is 0 Å². The zero-order valence-electron chi connectivity index (χ0n) is 14.4. The first-order valence-corrected chi connectivity index (χ1v) is 9.51. The number of hydrogen-bond donors (Lipinski definition) is 2. The van der Waals surface area contributed by atoms with Gasteiger partial charge in [0.15, 0.2) is 0 Å². The molecule has 1 fully saturated rings. The van der Waals surface area contributed by atoms with Crippen molar-refractivity contribution in [3.8, 4) is 0 Å². The minimum absolute atomic E-state index is 0.00209. The van der Waals surface area contributed by atoms with Gasteiger partial charge in [-0.1, -0.05) is 19.9 Å². The maximum atomic E-state index is 12.7. The Kier molecular flexibility index (Phi) is 5.97. The predicted octanol–water partition coefficient (Wildman–Crippen LogP) is 0.545. The van der Waals surface area contributed by atoms with Crippen molar-refractivity contribution in [1.82, 2.24) is 9.21 Å². The summed E-state index contributed by atoms with van der Waals surface area (Å²) in [6.07, 6.45) is 0. The number of nitrogens with zero attached hydrogens (tertiary/aromatic N) is 2. The van der Waals surface area contributed by atoms with Crippen molar-refractivity contribution in [3.05, 3.63) is 24.3 Å². The molecular formula is C16H26N4O3S. The van der Waals surface area contributed by atoms with Gasteiger partial charge in [-0.2, -0.15) is 4.31 Å². The summed E-state index contributed by atoms with van der Waals surface area (Å²) in [5.41, 5.74) is 6.25. The fraction of sp³-hybridized carbons (Fsp3) is 0.562. The van der Waals surface area contributed by atoms with Crippen molar-refractivity contribution in [1.29, 1.82) is 0 Å². The Morgan fingerprint density at radius 2 is 1.83 bits per heavy atom. The molecule has 24 heavy (non-hydrogen) atoms. The molecule has 0 radical (unpaired) electrons. The number of anilines is 1. The second-order valence-corrected chi connectivity index (χ2v) is 8.43. The van der Waals surface area contributed by atoms with E-state index >= 15 is 0 Å². The first kappa shape index (κ1) is 18.9. The molecule has 1 aromatic carbocycles. The van der Waals surface area contributed by atoms with E-state index in [2.05, 4.69) is 10.2 Å². The normalized spacial score (nSPS) is 18.5.